The van der Waals surface area contributed by atoms with Gasteiger partial charge in [-0.2, -0.15) is 0 Å². The molecule has 1 aromatic rings. The molecule has 0 spiro atoms. The van der Waals surface area contributed by atoms with E-state index in [1.807, 2.05) is 6.92 Å². The number of hydrogen-bond acceptors (Lipinski definition) is 2. The van der Waals surface area contributed by atoms with E-state index >= 15 is 0 Å². The predicted molar refractivity (Wildman–Crippen MR) is 72.6 cm³/mol. The van der Waals surface area contributed by atoms with E-state index in [4.69, 9.17) is 39.5 Å². The van der Waals surface area contributed by atoms with Crippen molar-refractivity contribution in [1.82, 2.24) is 5.32 Å². The molecule has 1 aliphatic heterocycles. The Labute approximate surface area is 116 Å². The van der Waals surface area contributed by atoms with Crippen LogP contribution in [0, 0.1) is 0 Å². The SMILES string of the molecule is CCNC1c2c(Cl)c(Cl)cc(Cl)c2OC1CC. The van der Waals surface area contributed by atoms with Crippen LogP contribution in [0.5, 0.6) is 5.75 Å². The highest BCUT2D eigenvalue weighted by atomic mass is 35.5. The number of likely N-dealkylation sites (N-methyl/N-ethyl adjacent to an activating group) is 1. The maximum absolute atomic E-state index is 6.25. The lowest BCUT2D eigenvalue weighted by Gasteiger charge is -2.18. The molecule has 2 unspecified atom stereocenters. The monoisotopic (exact) mass is 293 g/mol. The van der Waals surface area contributed by atoms with Gasteiger partial charge in [-0.05, 0) is 19.0 Å². The Kier molecular flexibility index (Phi) is 4.09. The molecule has 2 atom stereocenters. The van der Waals surface area contributed by atoms with Crippen LogP contribution >= 0.6 is 34.8 Å². The molecule has 2 rings (SSSR count). The maximum Gasteiger partial charge on any atom is 0.144 e. The van der Waals surface area contributed by atoms with Crippen LogP contribution in [-0.2, 0) is 0 Å². The van der Waals surface area contributed by atoms with Crippen LogP contribution in [0.2, 0.25) is 15.1 Å². The Balaban J connectivity index is 2.52. The van der Waals surface area contributed by atoms with Gasteiger partial charge in [0.1, 0.15) is 11.9 Å². The van der Waals surface area contributed by atoms with Crippen molar-refractivity contribution in [3.05, 3.63) is 26.7 Å². The second kappa shape index (κ2) is 5.23. The highest BCUT2D eigenvalue weighted by Crippen LogP contribution is 2.48. The van der Waals surface area contributed by atoms with Crippen molar-refractivity contribution in [2.45, 2.75) is 32.4 Å². The smallest absolute Gasteiger partial charge is 0.144 e. The molecular formula is C12H14Cl3NO. The molecule has 0 saturated heterocycles. The minimum absolute atomic E-state index is 0.0541. The molecule has 1 aromatic carbocycles. The number of ether oxygens (including phenoxy) is 1. The second-order valence-corrected chi connectivity index (χ2v) is 5.19. The van der Waals surface area contributed by atoms with Gasteiger partial charge in [0.05, 0.1) is 21.1 Å². The third-order valence-corrected chi connectivity index (χ3v) is 4.02. The molecule has 17 heavy (non-hydrogen) atoms. The largest absolute Gasteiger partial charge is 0.486 e. The lowest BCUT2D eigenvalue weighted by Crippen LogP contribution is -2.30. The standard InChI is InChI=1S/C12H14Cl3NO/c1-3-8-11(16-4-2)9-10(15)6(13)5-7(14)12(9)17-8/h5,8,11,16H,3-4H2,1-2H3. The topological polar surface area (TPSA) is 21.3 Å². The van der Waals surface area contributed by atoms with Crippen molar-refractivity contribution in [3.63, 3.8) is 0 Å². The second-order valence-electron chi connectivity index (χ2n) is 4.00. The molecule has 1 aliphatic rings. The Bertz CT molecular complexity index is 436. The first-order valence-corrected chi connectivity index (χ1v) is 6.80. The van der Waals surface area contributed by atoms with Gasteiger partial charge in [0, 0.05) is 5.56 Å². The van der Waals surface area contributed by atoms with Crippen LogP contribution in [0.3, 0.4) is 0 Å². The minimum atomic E-state index is 0.0541. The number of fused-ring (bicyclic) bond motifs is 1. The molecule has 0 bridgehead atoms. The summed E-state index contributed by atoms with van der Waals surface area (Å²) in [6.07, 6.45) is 0.940. The fourth-order valence-electron chi connectivity index (χ4n) is 2.17. The lowest BCUT2D eigenvalue weighted by atomic mass is 10.0. The van der Waals surface area contributed by atoms with Gasteiger partial charge in [-0.1, -0.05) is 48.7 Å². The predicted octanol–water partition coefficient (Wildman–Crippen LogP) is 4.47. The van der Waals surface area contributed by atoms with Crippen molar-refractivity contribution in [2.24, 2.45) is 0 Å². The van der Waals surface area contributed by atoms with E-state index in [-0.39, 0.29) is 12.1 Å². The highest BCUT2D eigenvalue weighted by Gasteiger charge is 2.37. The van der Waals surface area contributed by atoms with Crippen LogP contribution in [0.25, 0.3) is 0 Å². The summed E-state index contributed by atoms with van der Waals surface area (Å²) in [5.41, 5.74) is 0.887. The van der Waals surface area contributed by atoms with E-state index in [9.17, 15) is 0 Å². The first-order chi connectivity index (χ1) is 8.10. The summed E-state index contributed by atoms with van der Waals surface area (Å²) >= 11 is 18.4. The Morgan fingerprint density at radius 3 is 2.53 bits per heavy atom. The van der Waals surface area contributed by atoms with Gasteiger partial charge in [0.15, 0.2) is 0 Å². The average Bonchev–Trinajstić information content (AvgIpc) is 2.66. The fraction of sp³-hybridized carbons (Fsp3) is 0.500. The van der Waals surface area contributed by atoms with Gasteiger partial charge in [-0.3, -0.25) is 0 Å². The Hall–Kier alpha value is -0.150. The van der Waals surface area contributed by atoms with Gasteiger partial charge in [-0.25, -0.2) is 0 Å². The van der Waals surface area contributed by atoms with Crippen LogP contribution in [0.1, 0.15) is 31.9 Å². The van der Waals surface area contributed by atoms with Gasteiger partial charge in [-0.15, -0.1) is 0 Å². The molecule has 0 fully saturated rings. The summed E-state index contributed by atoms with van der Waals surface area (Å²) in [5.74, 6) is 0.666. The van der Waals surface area contributed by atoms with E-state index < -0.39 is 0 Å². The zero-order chi connectivity index (χ0) is 12.6. The van der Waals surface area contributed by atoms with Crippen molar-refractivity contribution in [3.8, 4) is 5.75 Å². The maximum atomic E-state index is 6.25. The van der Waals surface area contributed by atoms with E-state index in [1.165, 1.54) is 0 Å². The third kappa shape index (κ3) is 2.24. The Morgan fingerprint density at radius 2 is 1.94 bits per heavy atom. The quantitative estimate of drug-likeness (QED) is 0.831. The van der Waals surface area contributed by atoms with Gasteiger partial charge < -0.3 is 10.1 Å². The van der Waals surface area contributed by atoms with Crippen molar-refractivity contribution in [2.75, 3.05) is 6.54 Å². The van der Waals surface area contributed by atoms with E-state index in [1.54, 1.807) is 6.07 Å². The fourth-order valence-corrected chi connectivity index (χ4v) is 2.95. The summed E-state index contributed by atoms with van der Waals surface area (Å²) in [4.78, 5) is 0. The number of hydrogen-bond donors (Lipinski definition) is 1. The molecule has 1 heterocycles. The lowest BCUT2D eigenvalue weighted by molar-refractivity contribution is 0.186. The molecule has 0 radical (unpaired) electrons. The summed E-state index contributed by atoms with van der Waals surface area (Å²) in [5, 5.41) is 4.90. The molecule has 1 N–H and O–H groups in total. The van der Waals surface area contributed by atoms with Crippen LogP contribution < -0.4 is 10.1 Å². The first kappa shape index (κ1) is 13.3. The van der Waals surface area contributed by atoms with Gasteiger partial charge in [0.25, 0.3) is 0 Å². The van der Waals surface area contributed by atoms with Gasteiger partial charge in [0.2, 0.25) is 0 Å². The number of nitrogens with one attached hydrogen (secondary N) is 1. The zero-order valence-corrected chi connectivity index (χ0v) is 12.0. The molecule has 2 nitrogen and oxygen atoms in total. The van der Waals surface area contributed by atoms with Crippen molar-refractivity contribution < 1.29 is 4.74 Å². The highest BCUT2D eigenvalue weighted by molar-refractivity contribution is 6.44. The van der Waals surface area contributed by atoms with Crippen LogP contribution in [0.15, 0.2) is 6.07 Å². The van der Waals surface area contributed by atoms with E-state index in [0.29, 0.717) is 20.8 Å². The van der Waals surface area contributed by atoms with Gasteiger partial charge >= 0.3 is 0 Å². The summed E-state index contributed by atoms with van der Waals surface area (Å²) in [6, 6.07) is 1.69. The Morgan fingerprint density at radius 1 is 1.24 bits per heavy atom. The average molecular weight is 295 g/mol. The third-order valence-electron chi connectivity index (χ3n) is 2.94. The summed E-state index contributed by atoms with van der Waals surface area (Å²) in [7, 11) is 0. The molecule has 0 saturated carbocycles. The van der Waals surface area contributed by atoms with Crippen molar-refractivity contribution >= 4 is 34.8 Å². The molecule has 94 valence electrons. The van der Waals surface area contributed by atoms with Crippen LogP contribution in [-0.4, -0.2) is 12.6 Å². The molecule has 0 amide bonds. The van der Waals surface area contributed by atoms with Crippen LogP contribution in [0.4, 0.5) is 0 Å². The normalized spacial score (nSPS) is 22.4. The number of rotatable bonds is 3. The molecular weight excluding hydrogens is 280 g/mol. The van der Waals surface area contributed by atoms with E-state index in [0.717, 1.165) is 18.5 Å². The first-order valence-electron chi connectivity index (χ1n) is 5.67. The minimum Gasteiger partial charge on any atom is -0.486 e. The van der Waals surface area contributed by atoms with Crippen molar-refractivity contribution in [1.29, 1.82) is 0 Å². The summed E-state index contributed by atoms with van der Waals surface area (Å²) < 4.78 is 5.85. The molecule has 0 aromatic heterocycles. The summed E-state index contributed by atoms with van der Waals surface area (Å²) in [6.45, 7) is 4.96. The molecule has 0 aliphatic carbocycles. The number of halogens is 3. The zero-order valence-electron chi connectivity index (χ0n) is 9.69. The molecule has 5 heteroatoms. The van der Waals surface area contributed by atoms with E-state index in [2.05, 4.69) is 12.2 Å². The number of benzene rings is 1.